The predicted molar refractivity (Wildman–Crippen MR) is 83.2 cm³/mol. The molecule has 6 nitrogen and oxygen atoms in total. The molecular formula is C14H19ClN4O2. The Bertz CT molecular complexity index is 550. The maximum absolute atomic E-state index is 12.3. The molecule has 4 N–H and O–H groups in total. The minimum atomic E-state index is -0.414. The quantitative estimate of drug-likeness (QED) is 0.729. The van der Waals surface area contributed by atoms with Crippen LogP contribution in [0.1, 0.15) is 13.3 Å². The highest BCUT2D eigenvalue weighted by atomic mass is 35.5. The molecule has 1 aliphatic heterocycles. The number of rotatable bonds is 3. The van der Waals surface area contributed by atoms with Crippen molar-refractivity contribution in [2.75, 3.05) is 30.7 Å². The first-order valence-corrected chi connectivity index (χ1v) is 7.22. The average molecular weight is 311 g/mol. The molecule has 0 spiro atoms. The lowest BCUT2D eigenvalue weighted by Gasteiger charge is -2.25. The molecule has 114 valence electrons. The second-order valence-corrected chi connectivity index (χ2v) is 5.49. The first kappa shape index (κ1) is 15.6. The van der Waals surface area contributed by atoms with Gasteiger partial charge in [-0.05, 0) is 31.5 Å². The number of carbonyl (C=O) groups is 2. The van der Waals surface area contributed by atoms with Gasteiger partial charge in [0, 0.05) is 18.8 Å². The van der Waals surface area contributed by atoms with Gasteiger partial charge < -0.3 is 16.4 Å². The number of hydrogen-bond donors (Lipinski definition) is 3. The first-order valence-electron chi connectivity index (χ1n) is 6.84. The van der Waals surface area contributed by atoms with E-state index in [-0.39, 0.29) is 18.4 Å². The van der Waals surface area contributed by atoms with Crippen LogP contribution in [0, 0.1) is 0 Å². The Kier molecular flexibility index (Phi) is 5.03. The predicted octanol–water partition coefficient (Wildman–Crippen LogP) is 1.07. The summed E-state index contributed by atoms with van der Waals surface area (Å²) in [7, 11) is 0. The third-order valence-corrected chi connectivity index (χ3v) is 3.78. The molecule has 1 atom stereocenters. The number of nitrogens with two attached hydrogens (primary N) is 1. The van der Waals surface area contributed by atoms with Crippen molar-refractivity contribution in [2.24, 2.45) is 0 Å². The van der Waals surface area contributed by atoms with E-state index in [1.54, 1.807) is 25.1 Å². The molecule has 1 aromatic carbocycles. The molecule has 0 bridgehead atoms. The highest BCUT2D eigenvalue weighted by Gasteiger charge is 2.25. The van der Waals surface area contributed by atoms with Crippen LogP contribution in [-0.2, 0) is 9.59 Å². The third-order valence-electron chi connectivity index (χ3n) is 3.47. The van der Waals surface area contributed by atoms with Crippen molar-refractivity contribution in [3.05, 3.63) is 23.2 Å². The van der Waals surface area contributed by atoms with Gasteiger partial charge in [0.25, 0.3) is 0 Å². The molecule has 1 aromatic rings. The van der Waals surface area contributed by atoms with Crippen LogP contribution in [0.5, 0.6) is 0 Å². The second kappa shape index (κ2) is 6.78. The molecule has 7 heteroatoms. The van der Waals surface area contributed by atoms with Crippen molar-refractivity contribution in [1.82, 2.24) is 10.2 Å². The van der Waals surface area contributed by atoms with E-state index in [4.69, 9.17) is 17.3 Å². The SMILES string of the molecule is CC(C(=O)Nc1ccc(N)cc1Cl)N1CCCNC(=O)C1. The summed E-state index contributed by atoms with van der Waals surface area (Å²) < 4.78 is 0. The van der Waals surface area contributed by atoms with Crippen molar-refractivity contribution in [3.63, 3.8) is 0 Å². The zero-order valence-corrected chi connectivity index (χ0v) is 12.6. The van der Waals surface area contributed by atoms with Crippen LogP contribution in [0.2, 0.25) is 5.02 Å². The molecule has 1 saturated heterocycles. The topological polar surface area (TPSA) is 87.5 Å². The minimum Gasteiger partial charge on any atom is -0.399 e. The Balaban J connectivity index is 2.03. The van der Waals surface area contributed by atoms with E-state index < -0.39 is 6.04 Å². The van der Waals surface area contributed by atoms with E-state index in [9.17, 15) is 9.59 Å². The Morgan fingerprint density at radius 1 is 1.52 bits per heavy atom. The maximum Gasteiger partial charge on any atom is 0.241 e. The van der Waals surface area contributed by atoms with E-state index >= 15 is 0 Å². The van der Waals surface area contributed by atoms with Crippen molar-refractivity contribution in [3.8, 4) is 0 Å². The number of benzene rings is 1. The summed E-state index contributed by atoms with van der Waals surface area (Å²) in [5.41, 5.74) is 6.67. The molecule has 1 fully saturated rings. The van der Waals surface area contributed by atoms with Gasteiger partial charge in [-0.1, -0.05) is 11.6 Å². The number of amides is 2. The molecule has 21 heavy (non-hydrogen) atoms. The fourth-order valence-corrected chi connectivity index (χ4v) is 2.43. The fraction of sp³-hybridized carbons (Fsp3) is 0.429. The van der Waals surface area contributed by atoms with Crippen molar-refractivity contribution in [2.45, 2.75) is 19.4 Å². The monoisotopic (exact) mass is 310 g/mol. The number of nitrogens with zero attached hydrogens (tertiary/aromatic N) is 1. The molecule has 1 aliphatic rings. The zero-order valence-electron chi connectivity index (χ0n) is 11.9. The lowest BCUT2D eigenvalue weighted by molar-refractivity contribution is -0.124. The van der Waals surface area contributed by atoms with Gasteiger partial charge in [0.1, 0.15) is 0 Å². The summed E-state index contributed by atoms with van der Waals surface area (Å²) >= 11 is 6.04. The summed E-state index contributed by atoms with van der Waals surface area (Å²) in [6.45, 7) is 3.35. The standard InChI is InChI=1S/C14H19ClN4O2/c1-9(19-6-2-5-17-13(20)8-19)14(21)18-12-4-3-10(16)7-11(12)15/h3-4,7,9H,2,5-6,8,16H2,1H3,(H,17,20)(H,18,21). The summed E-state index contributed by atoms with van der Waals surface area (Å²) in [4.78, 5) is 25.7. The summed E-state index contributed by atoms with van der Waals surface area (Å²) in [5.74, 6) is -0.256. The van der Waals surface area contributed by atoms with Crippen LogP contribution in [0.4, 0.5) is 11.4 Å². The van der Waals surface area contributed by atoms with Gasteiger partial charge in [-0.2, -0.15) is 0 Å². The fourth-order valence-electron chi connectivity index (χ4n) is 2.20. The van der Waals surface area contributed by atoms with Gasteiger partial charge in [0.2, 0.25) is 11.8 Å². The van der Waals surface area contributed by atoms with Crippen molar-refractivity contribution >= 4 is 34.8 Å². The largest absolute Gasteiger partial charge is 0.399 e. The lowest BCUT2D eigenvalue weighted by Crippen LogP contribution is -2.45. The Morgan fingerprint density at radius 2 is 2.29 bits per heavy atom. The Hall–Kier alpha value is -1.79. The highest BCUT2D eigenvalue weighted by Crippen LogP contribution is 2.24. The molecule has 1 heterocycles. The van der Waals surface area contributed by atoms with Crippen LogP contribution in [0.25, 0.3) is 0 Å². The maximum atomic E-state index is 12.3. The van der Waals surface area contributed by atoms with E-state index in [1.807, 2.05) is 4.90 Å². The molecule has 0 saturated carbocycles. The number of halogens is 1. The number of nitrogen functional groups attached to an aromatic ring is 1. The molecule has 2 amide bonds. The van der Waals surface area contributed by atoms with E-state index in [1.165, 1.54) is 0 Å². The van der Waals surface area contributed by atoms with Crippen LogP contribution >= 0.6 is 11.6 Å². The van der Waals surface area contributed by atoms with Crippen LogP contribution in [0.3, 0.4) is 0 Å². The normalized spacial score (nSPS) is 17.7. The van der Waals surface area contributed by atoms with E-state index in [0.717, 1.165) is 6.42 Å². The summed E-state index contributed by atoms with van der Waals surface area (Å²) in [6.07, 6.45) is 0.825. The van der Waals surface area contributed by atoms with Gasteiger partial charge in [0.05, 0.1) is 23.3 Å². The van der Waals surface area contributed by atoms with Crippen LogP contribution < -0.4 is 16.4 Å². The Morgan fingerprint density at radius 3 is 3.00 bits per heavy atom. The van der Waals surface area contributed by atoms with E-state index in [2.05, 4.69) is 10.6 Å². The van der Waals surface area contributed by atoms with Crippen molar-refractivity contribution in [1.29, 1.82) is 0 Å². The number of anilines is 2. The molecule has 1 unspecified atom stereocenters. The minimum absolute atomic E-state index is 0.0577. The number of carbonyl (C=O) groups excluding carboxylic acids is 2. The average Bonchev–Trinajstić information content (AvgIpc) is 2.65. The highest BCUT2D eigenvalue weighted by molar-refractivity contribution is 6.34. The molecular weight excluding hydrogens is 292 g/mol. The number of hydrogen-bond acceptors (Lipinski definition) is 4. The molecule has 0 aromatic heterocycles. The van der Waals surface area contributed by atoms with Crippen LogP contribution in [0.15, 0.2) is 18.2 Å². The van der Waals surface area contributed by atoms with Gasteiger partial charge in [-0.25, -0.2) is 0 Å². The molecule has 0 radical (unpaired) electrons. The van der Waals surface area contributed by atoms with Crippen LogP contribution in [-0.4, -0.2) is 42.4 Å². The number of nitrogens with one attached hydrogen (secondary N) is 2. The van der Waals surface area contributed by atoms with E-state index in [0.29, 0.717) is 29.5 Å². The van der Waals surface area contributed by atoms with Gasteiger partial charge in [-0.15, -0.1) is 0 Å². The third kappa shape index (κ3) is 4.09. The van der Waals surface area contributed by atoms with Gasteiger partial charge in [0.15, 0.2) is 0 Å². The summed E-state index contributed by atoms with van der Waals surface area (Å²) in [5, 5.41) is 5.95. The zero-order chi connectivity index (χ0) is 15.4. The van der Waals surface area contributed by atoms with Gasteiger partial charge in [-0.3, -0.25) is 14.5 Å². The molecule has 2 rings (SSSR count). The first-order chi connectivity index (χ1) is 9.97. The smallest absolute Gasteiger partial charge is 0.241 e. The Labute approximate surface area is 128 Å². The molecule has 0 aliphatic carbocycles. The van der Waals surface area contributed by atoms with Gasteiger partial charge >= 0.3 is 0 Å². The summed E-state index contributed by atoms with van der Waals surface area (Å²) in [6, 6.07) is 4.51. The lowest BCUT2D eigenvalue weighted by atomic mass is 10.2. The second-order valence-electron chi connectivity index (χ2n) is 5.08. The van der Waals surface area contributed by atoms with Crippen molar-refractivity contribution < 1.29 is 9.59 Å².